The fourth-order valence-corrected chi connectivity index (χ4v) is 2.14. The maximum absolute atomic E-state index is 10.6. The highest BCUT2D eigenvalue weighted by Gasteiger charge is 2.45. The predicted octanol–water partition coefficient (Wildman–Crippen LogP) is -2.84. The van der Waals surface area contributed by atoms with Gasteiger partial charge in [-0.15, -0.1) is 0 Å². The third kappa shape index (κ3) is 3.23. The zero-order chi connectivity index (χ0) is 11.6. The van der Waals surface area contributed by atoms with Crippen LogP contribution in [0, 0.1) is 0 Å². The molecule has 0 saturated carbocycles. The first-order valence-electron chi connectivity index (χ1n) is 4.29. The molecule has 1 fully saturated rings. The first kappa shape index (κ1) is 13.1. The van der Waals surface area contributed by atoms with Crippen LogP contribution in [0.15, 0.2) is 0 Å². The molecule has 1 heterocycles. The number of phosphoric acid groups is 1. The zero-order valence-electron chi connectivity index (χ0n) is 7.98. The summed E-state index contributed by atoms with van der Waals surface area (Å²) in [5.74, 6) is 0. The lowest BCUT2D eigenvalue weighted by Gasteiger charge is -2.21. The Balaban J connectivity index is 2.76. The zero-order valence-corrected chi connectivity index (χ0v) is 8.87. The van der Waals surface area contributed by atoms with E-state index in [9.17, 15) is 4.57 Å². The number of aliphatic hydroxyl groups is 1. The second-order valence-electron chi connectivity index (χ2n) is 3.28. The minimum absolute atomic E-state index is 0.451. The van der Waals surface area contributed by atoms with E-state index in [0.717, 1.165) is 0 Å². The Hall–Kier alpha value is 0.0149. The van der Waals surface area contributed by atoms with Gasteiger partial charge in [-0.1, -0.05) is 0 Å². The molecule has 10 heteroatoms. The Bertz CT molecular complexity index is 260. The van der Waals surface area contributed by atoms with Gasteiger partial charge in [-0.3, -0.25) is 4.52 Å². The summed E-state index contributed by atoms with van der Waals surface area (Å²) in [6.07, 6.45) is -1.98. The molecule has 15 heavy (non-hydrogen) atoms. The Morgan fingerprint density at radius 2 is 2.13 bits per heavy atom. The van der Waals surface area contributed by atoms with Crippen molar-refractivity contribution in [2.24, 2.45) is 0 Å². The lowest BCUT2D eigenvalue weighted by molar-refractivity contribution is -0.00648. The Labute approximate surface area is 86.8 Å². The monoisotopic (exact) mass is 241 g/mol. The fraction of sp³-hybridized carbons (Fsp3) is 1.00. The summed E-state index contributed by atoms with van der Waals surface area (Å²) < 4.78 is 20.2. The Morgan fingerprint density at radius 3 is 2.53 bits per heavy atom. The molecule has 5 N–H and O–H groups in total. The van der Waals surface area contributed by atoms with Crippen molar-refractivity contribution in [3.8, 4) is 0 Å². The van der Waals surface area contributed by atoms with E-state index < -0.39 is 38.7 Å². The van der Waals surface area contributed by atoms with Crippen LogP contribution in [0.4, 0.5) is 0 Å². The first-order valence-corrected chi connectivity index (χ1v) is 5.82. The van der Waals surface area contributed by atoms with Gasteiger partial charge in [-0.2, -0.15) is 5.48 Å². The van der Waals surface area contributed by atoms with E-state index in [1.807, 2.05) is 5.48 Å². The molecule has 4 atom stereocenters. The summed E-state index contributed by atoms with van der Waals surface area (Å²) in [5, 5.41) is 17.7. The van der Waals surface area contributed by atoms with E-state index in [0.29, 0.717) is 0 Å². The number of hydroxylamine groups is 1. The summed E-state index contributed by atoms with van der Waals surface area (Å²) >= 11 is 0. The minimum Gasteiger partial charge on any atom is -0.394 e. The molecule has 0 amide bonds. The maximum Gasteiger partial charge on any atom is 0.470 e. The van der Waals surface area contributed by atoms with Gasteiger partial charge in [0.2, 0.25) is 0 Å². The second kappa shape index (κ2) is 4.90. The third-order valence-electron chi connectivity index (χ3n) is 2.20. The largest absolute Gasteiger partial charge is 0.470 e. The predicted molar refractivity (Wildman–Crippen MR) is 49.9 cm³/mol. The number of hydrogen-bond donors (Lipinski definition) is 5. The molecule has 0 radical (unpaired) electrons. The topological polar surface area (TPSA) is 128 Å². The van der Waals surface area contributed by atoms with Gasteiger partial charge in [-0.05, 0) is 0 Å². The van der Waals surface area contributed by atoms with Gasteiger partial charge in [0.15, 0.2) is 0 Å². The average molecular weight is 241 g/mol. The molecule has 8 nitrogen and oxygen atoms in total. The minimum atomic E-state index is -4.68. The van der Waals surface area contributed by atoms with E-state index in [4.69, 9.17) is 24.8 Å². The number of phosphoric ester groups is 1. The van der Waals surface area contributed by atoms with Crippen LogP contribution in [0.1, 0.15) is 0 Å². The quantitative estimate of drug-likeness (QED) is 0.202. The van der Waals surface area contributed by atoms with E-state index >= 15 is 0 Å². The van der Waals surface area contributed by atoms with Crippen molar-refractivity contribution in [3.63, 3.8) is 0 Å². The molecule has 0 spiro atoms. The van der Waals surface area contributed by atoms with Crippen molar-refractivity contribution in [1.29, 1.82) is 0 Å². The second-order valence-corrected chi connectivity index (χ2v) is 4.47. The highest BCUT2D eigenvalue weighted by molar-refractivity contribution is 7.46. The molecular weight excluding hydrogens is 228 g/mol. The van der Waals surface area contributed by atoms with Crippen LogP contribution in [-0.4, -0.2) is 58.8 Å². The molecule has 88 valence electrons. The average Bonchev–Trinajstić information content (AvgIpc) is 2.39. The highest BCUT2D eigenvalue weighted by Crippen LogP contribution is 2.41. The molecule has 1 rings (SSSR count). The summed E-state index contributed by atoms with van der Waals surface area (Å²) in [5.41, 5.74) is 1.85. The van der Waals surface area contributed by atoms with E-state index in [1.54, 1.807) is 7.85 Å². The van der Waals surface area contributed by atoms with E-state index in [-0.39, 0.29) is 0 Å². The Morgan fingerprint density at radius 1 is 1.53 bits per heavy atom. The fourth-order valence-electron chi connectivity index (χ4n) is 1.55. The van der Waals surface area contributed by atoms with E-state index in [1.165, 1.54) is 0 Å². The van der Waals surface area contributed by atoms with Gasteiger partial charge in [-0.25, -0.2) is 4.57 Å². The number of rotatable bonds is 4. The van der Waals surface area contributed by atoms with Crippen LogP contribution in [0.3, 0.4) is 0 Å². The van der Waals surface area contributed by atoms with Crippen molar-refractivity contribution < 1.29 is 33.9 Å². The molecule has 0 aromatic carbocycles. The maximum atomic E-state index is 10.6. The Kier molecular flexibility index (Phi) is 4.27. The van der Waals surface area contributed by atoms with Crippen molar-refractivity contribution in [3.05, 3.63) is 0 Å². The number of nitrogens with one attached hydrogen (secondary N) is 1. The SMILES string of the molecule is B[C@@H]1O[C@H](CO)[C@H](OP(=O)(O)O)C1NO. The van der Waals surface area contributed by atoms with Gasteiger partial charge in [0.25, 0.3) is 0 Å². The number of aliphatic hydroxyl groups excluding tert-OH is 1. The smallest absolute Gasteiger partial charge is 0.394 e. The summed E-state index contributed by atoms with van der Waals surface area (Å²) in [6, 6.07) is -1.32. The van der Waals surface area contributed by atoms with Crippen LogP contribution in [0.25, 0.3) is 0 Å². The molecule has 1 aliphatic heterocycles. The normalized spacial score (nSPS) is 37.1. The standard InChI is InChI=1S/C5H13BNO7P/c6-5-3(7-9)4(2(1-8)13-5)14-15(10,11)12/h2-5,7-9H,1,6H2,(H2,10,11,12)/t2-,3?,4+,5-/m1/s1. The molecule has 0 aromatic heterocycles. The highest BCUT2D eigenvalue weighted by atomic mass is 31.2. The van der Waals surface area contributed by atoms with Crippen molar-refractivity contribution in [2.45, 2.75) is 24.3 Å². The van der Waals surface area contributed by atoms with Crippen LogP contribution >= 0.6 is 7.82 Å². The molecule has 0 bridgehead atoms. The first-order chi connectivity index (χ1) is 6.89. The summed E-state index contributed by atoms with van der Waals surface area (Å²) in [7, 11) is -3.10. The van der Waals surface area contributed by atoms with Crippen LogP contribution in [-0.2, 0) is 13.8 Å². The van der Waals surface area contributed by atoms with Crippen LogP contribution in [0.2, 0.25) is 0 Å². The lowest BCUT2D eigenvalue weighted by Crippen LogP contribution is -2.45. The van der Waals surface area contributed by atoms with Gasteiger partial charge in [0.1, 0.15) is 20.1 Å². The molecule has 0 aliphatic carbocycles. The molecule has 0 aromatic rings. The van der Waals surface area contributed by atoms with Gasteiger partial charge in [0.05, 0.1) is 12.6 Å². The summed E-state index contributed by atoms with van der Waals surface area (Å²) in [6.45, 7) is -0.451. The molecular formula is C5H13BNO7P. The van der Waals surface area contributed by atoms with Crippen molar-refractivity contribution in [2.75, 3.05) is 6.61 Å². The number of ether oxygens (including phenoxy) is 1. The molecule has 1 aliphatic rings. The lowest BCUT2D eigenvalue weighted by atomic mass is 9.91. The molecule has 1 saturated heterocycles. The van der Waals surface area contributed by atoms with Crippen molar-refractivity contribution >= 4 is 15.7 Å². The van der Waals surface area contributed by atoms with Gasteiger partial charge < -0.3 is 24.8 Å². The number of hydrogen-bond acceptors (Lipinski definition) is 6. The van der Waals surface area contributed by atoms with Crippen LogP contribution in [0.5, 0.6) is 0 Å². The van der Waals surface area contributed by atoms with E-state index in [2.05, 4.69) is 4.52 Å². The van der Waals surface area contributed by atoms with Crippen LogP contribution < -0.4 is 5.48 Å². The third-order valence-corrected chi connectivity index (χ3v) is 2.72. The van der Waals surface area contributed by atoms with Gasteiger partial charge in [0, 0.05) is 6.00 Å². The van der Waals surface area contributed by atoms with Crippen molar-refractivity contribution in [1.82, 2.24) is 5.48 Å². The van der Waals surface area contributed by atoms with Gasteiger partial charge >= 0.3 is 7.82 Å². The molecule has 1 unspecified atom stereocenters. The summed E-state index contributed by atoms with van der Waals surface area (Å²) in [4.78, 5) is 17.3.